The van der Waals surface area contributed by atoms with Gasteiger partial charge in [-0.15, -0.1) is 13.2 Å². The molecule has 0 fully saturated rings. The van der Waals surface area contributed by atoms with E-state index in [1.165, 1.54) is 0 Å². The lowest BCUT2D eigenvalue weighted by molar-refractivity contribution is -0.295. The van der Waals surface area contributed by atoms with Crippen molar-refractivity contribution in [1.29, 1.82) is 0 Å². The van der Waals surface area contributed by atoms with Gasteiger partial charge in [-0.05, 0) is 0 Å². The van der Waals surface area contributed by atoms with Crippen molar-refractivity contribution >= 4 is 0 Å². The first-order valence-electron chi connectivity index (χ1n) is 1.45. The molecule has 0 radical (unpaired) electrons. The second-order valence-electron chi connectivity index (χ2n) is 0.715. The summed E-state index contributed by atoms with van der Waals surface area (Å²) in [5.41, 5.74) is 0. The van der Waals surface area contributed by atoms with Crippen LogP contribution in [0.15, 0.2) is 0 Å². The number of rotatable bonds is 0. The van der Waals surface area contributed by atoms with Crippen molar-refractivity contribution in [1.82, 2.24) is 0 Å². The Hall–Kier alpha value is -0.460. The molecule has 0 bridgehead atoms. The average molecular weight is 156 g/mol. The summed E-state index contributed by atoms with van der Waals surface area (Å²) in [6.45, 7) is -3.67. The van der Waals surface area contributed by atoms with E-state index in [4.69, 9.17) is 5.11 Å². The van der Waals surface area contributed by atoms with Gasteiger partial charge < -0.3 is 5.11 Å². The van der Waals surface area contributed by atoms with E-state index in [2.05, 4.69) is 0 Å². The lowest BCUT2D eigenvalue weighted by atomic mass is 11.4. The van der Waals surface area contributed by atoms with E-state index >= 15 is 0 Å². The molecule has 0 heterocycles. The van der Waals surface area contributed by atoms with E-state index < -0.39 is 13.0 Å². The van der Waals surface area contributed by atoms with Gasteiger partial charge in [0.2, 0.25) is 0 Å². The molecule has 0 rings (SSSR count). The first-order chi connectivity index (χ1) is 3.73. The van der Waals surface area contributed by atoms with Crippen LogP contribution < -0.4 is 0 Å². The van der Waals surface area contributed by atoms with Gasteiger partial charge in [0, 0.05) is 0 Å². The number of halogens is 6. The van der Waals surface area contributed by atoms with Crippen LogP contribution in [0.25, 0.3) is 0 Å². The molecule has 0 atom stereocenters. The number of alkyl halides is 6. The second-order valence-corrected chi connectivity index (χ2v) is 0.715. The Balaban J connectivity index is 0. The largest absolute Gasteiger partial charge is 0.519 e. The van der Waals surface area contributed by atoms with E-state index in [0.717, 1.165) is 0 Å². The summed E-state index contributed by atoms with van der Waals surface area (Å²) in [4.78, 5) is 0. The number of hydrogen-bond donors (Lipinski definition) is 1. The monoisotopic (exact) mass is 156 g/mol. The lowest BCUT2D eigenvalue weighted by Gasteiger charge is -1.86. The van der Waals surface area contributed by atoms with Crippen LogP contribution in [-0.2, 0) is 0 Å². The first-order valence-corrected chi connectivity index (χ1v) is 1.45. The van der Waals surface area contributed by atoms with Crippen LogP contribution in [0.2, 0.25) is 0 Å². The summed E-state index contributed by atoms with van der Waals surface area (Å²) < 4.78 is 58.7. The Labute approximate surface area is 45.9 Å². The molecule has 58 valence electrons. The molecule has 0 aromatic carbocycles. The predicted molar refractivity (Wildman–Crippen MR) is 15.4 cm³/mol. The molecule has 0 aliphatic heterocycles. The Morgan fingerprint density at radius 3 is 1.00 bits per heavy atom. The molecule has 0 saturated heterocycles. The fourth-order valence-corrected chi connectivity index (χ4v) is 0. The van der Waals surface area contributed by atoms with Crippen molar-refractivity contribution in [2.24, 2.45) is 0 Å². The van der Waals surface area contributed by atoms with Crippen LogP contribution >= 0.6 is 0 Å². The predicted octanol–water partition coefficient (Wildman–Crippen LogP) is 1.68. The Morgan fingerprint density at radius 1 is 1.00 bits per heavy atom. The van der Waals surface area contributed by atoms with Crippen molar-refractivity contribution in [3.05, 3.63) is 0 Å². The van der Waals surface area contributed by atoms with Gasteiger partial charge in [0.1, 0.15) is 0 Å². The van der Waals surface area contributed by atoms with E-state index in [0.29, 0.717) is 0 Å². The minimum atomic E-state index is -5.00. The minimum Gasteiger partial charge on any atom is -0.308 e. The molecule has 7 heteroatoms. The molecule has 0 aromatic heterocycles. The van der Waals surface area contributed by atoms with Gasteiger partial charge in [-0.25, -0.2) is 0 Å². The molecule has 0 unspecified atom stereocenters. The van der Waals surface area contributed by atoms with Crippen LogP contribution in [0.4, 0.5) is 26.3 Å². The zero-order chi connectivity index (χ0) is 8.08. The fraction of sp³-hybridized carbons (Fsp3) is 1.00. The smallest absolute Gasteiger partial charge is 0.308 e. The second kappa shape index (κ2) is 4.42. The zero-order valence-electron chi connectivity index (χ0n) is 3.79. The van der Waals surface area contributed by atoms with Crippen LogP contribution in [0.1, 0.15) is 0 Å². The number of hydrogen-bond acceptors (Lipinski definition) is 1. The third kappa shape index (κ3) is 1090. The molecular weight excluding hydrogens is 154 g/mol. The SMILES string of the molecule is FC(F)F.OC(F)(F)F. The van der Waals surface area contributed by atoms with Gasteiger partial charge in [0.15, 0.2) is 0 Å². The topological polar surface area (TPSA) is 20.2 Å². The summed E-state index contributed by atoms with van der Waals surface area (Å²) in [6.07, 6.45) is -5.00. The highest BCUT2D eigenvalue weighted by Crippen LogP contribution is 2.06. The van der Waals surface area contributed by atoms with Crippen molar-refractivity contribution in [3.8, 4) is 0 Å². The first kappa shape index (κ1) is 11.4. The highest BCUT2D eigenvalue weighted by molar-refractivity contribution is 4.06. The van der Waals surface area contributed by atoms with Crippen molar-refractivity contribution in [2.45, 2.75) is 13.0 Å². The maximum Gasteiger partial charge on any atom is 0.519 e. The summed E-state index contributed by atoms with van der Waals surface area (Å²) in [5.74, 6) is 0. The summed E-state index contributed by atoms with van der Waals surface area (Å²) in [7, 11) is 0. The lowest BCUT2D eigenvalue weighted by Crippen LogP contribution is -2.01. The Morgan fingerprint density at radius 2 is 1.00 bits per heavy atom. The van der Waals surface area contributed by atoms with Gasteiger partial charge in [0.05, 0.1) is 0 Å². The fourth-order valence-electron chi connectivity index (χ4n) is 0. The molecule has 0 aliphatic rings. The third-order valence-corrected chi connectivity index (χ3v) is 0. The molecule has 0 saturated carbocycles. The van der Waals surface area contributed by atoms with Gasteiger partial charge >= 0.3 is 13.0 Å². The highest BCUT2D eigenvalue weighted by atomic mass is 19.4. The van der Waals surface area contributed by atoms with E-state index in [9.17, 15) is 26.3 Å². The van der Waals surface area contributed by atoms with E-state index in [1.54, 1.807) is 0 Å². The molecule has 1 nitrogen and oxygen atoms in total. The zero-order valence-corrected chi connectivity index (χ0v) is 3.79. The standard InChI is InChI=1S/CHF3O.CHF3/c2-1(3,4)5;2-1(3)4/h5H;1H. The quantitative estimate of drug-likeness (QED) is 0.529. The average Bonchev–Trinajstić information content (AvgIpc) is 1.19. The molecule has 0 aromatic rings. The van der Waals surface area contributed by atoms with Crippen LogP contribution in [0.3, 0.4) is 0 Å². The molecule has 0 aliphatic carbocycles. The minimum absolute atomic E-state index is 3.67. The van der Waals surface area contributed by atoms with E-state index in [-0.39, 0.29) is 0 Å². The van der Waals surface area contributed by atoms with Gasteiger partial charge in [-0.1, -0.05) is 0 Å². The third-order valence-electron chi connectivity index (χ3n) is 0. The van der Waals surface area contributed by atoms with Crippen molar-refractivity contribution < 1.29 is 31.4 Å². The molecule has 0 spiro atoms. The maximum atomic E-state index is 9.91. The Bertz CT molecular complexity index is 47.8. The van der Waals surface area contributed by atoms with Gasteiger partial charge in [-0.2, -0.15) is 13.2 Å². The highest BCUT2D eigenvalue weighted by Gasteiger charge is 2.20. The van der Waals surface area contributed by atoms with Gasteiger partial charge in [0.25, 0.3) is 0 Å². The summed E-state index contributed by atoms with van der Waals surface area (Å²) >= 11 is 0. The van der Waals surface area contributed by atoms with Crippen molar-refractivity contribution in [3.63, 3.8) is 0 Å². The summed E-state index contributed by atoms with van der Waals surface area (Å²) in [5, 5.41) is 6.52. The number of aliphatic hydroxyl groups is 1. The van der Waals surface area contributed by atoms with Crippen molar-refractivity contribution in [2.75, 3.05) is 0 Å². The van der Waals surface area contributed by atoms with Crippen LogP contribution in [-0.4, -0.2) is 18.1 Å². The van der Waals surface area contributed by atoms with Crippen LogP contribution in [0.5, 0.6) is 0 Å². The normalized spacial score (nSPS) is 10.7. The maximum absolute atomic E-state index is 9.91. The molecule has 1 N–H and O–H groups in total. The van der Waals surface area contributed by atoms with Crippen LogP contribution in [0, 0.1) is 0 Å². The Kier molecular flexibility index (Phi) is 5.58. The molecule has 0 amide bonds. The van der Waals surface area contributed by atoms with Gasteiger partial charge in [-0.3, -0.25) is 0 Å². The molecule has 9 heavy (non-hydrogen) atoms. The summed E-state index contributed by atoms with van der Waals surface area (Å²) in [6, 6.07) is 0. The van der Waals surface area contributed by atoms with E-state index in [1.807, 2.05) is 0 Å². The molecular formula is C2H2F6O.